The number of hydrogen-bond donors (Lipinski definition) is 3. The Morgan fingerprint density at radius 1 is 1.17 bits per heavy atom. The van der Waals surface area contributed by atoms with Gasteiger partial charge in [0.05, 0.1) is 5.60 Å². The molecule has 1 aliphatic heterocycles. The molecule has 0 bridgehead atoms. The van der Waals surface area contributed by atoms with Gasteiger partial charge in [0.1, 0.15) is 0 Å². The quantitative estimate of drug-likeness (QED) is 0.751. The lowest BCUT2D eigenvalue weighted by molar-refractivity contribution is 0.0506. The Balaban J connectivity index is 1.45. The van der Waals surface area contributed by atoms with Crippen LogP contribution in [0.25, 0.3) is 0 Å². The SMILES string of the molecule is O=C(NCC1(O)CCCC1)Nc1cccc(CCN2CCCC2)c1. The highest BCUT2D eigenvalue weighted by molar-refractivity contribution is 5.89. The van der Waals surface area contributed by atoms with Crippen LogP contribution in [0.2, 0.25) is 0 Å². The Morgan fingerprint density at radius 2 is 1.92 bits per heavy atom. The summed E-state index contributed by atoms with van der Waals surface area (Å²) in [7, 11) is 0. The van der Waals surface area contributed by atoms with E-state index in [0.717, 1.165) is 44.3 Å². The minimum Gasteiger partial charge on any atom is -0.388 e. The van der Waals surface area contributed by atoms with Gasteiger partial charge in [0.15, 0.2) is 0 Å². The molecule has 2 fully saturated rings. The first-order valence-corrected chi connectivity index (χ1v) is 9.22. The average Bonchev–Trinajstić information content (AvgIpc) is 3.24. The predicted molar refractivity (Wildman–Crippen MR) is 96.3 cm³/mol. The maximum atomic E-state index is 12.0. The summed E-state index contributed by atoms with van der Waals surface area (Å²) < 4.78 is 0. The summed E-state index contributed by atoms with van der Waals surface area (Å²) in [5, 5.41) is 16.0. The summed E-state index contributed by atoms with van der Waals surface area (Å²) >= 11 is 0. The van der Waals surface area contributed by atoms with Crippen LogP contribution in [0.5, 0.6) is 0 Å². The number of carbonyl (C=O) groups is 1. The molecule has 3 N–H and O–H groups in total. The number of amides is 2. The van der Waals surface area contributed by atoms with E-state index in [1.807, 2.05) is 18.2 Å². The number of nitrogens with one attached hydrogen (secondary N) is 2. The number of nitrogens with zero attached hydrogens (tertiary/aromatic N) is 1. The van der Waals surface area contributed by atoms with Crippen molar-refractivity contribution in [2.24, 2.45) is 0 Å². The van der Waals surface area contributed by atoms with Gasteiger partial charge in [-0.25, -0.2) is 4.79 Å². The molecule has 0 aromatic heterocycles. The molecule has 2 amide bonds. The lowest BCUT2D eigenvalue weighted by Gasteiger charge is -2.22. The highest BCUT2D eigenvalue weighted by atomic mass is 16.3. The Kier molecular flexibility index (Phi) is 5.74. The number of likely N-dealkylation sites (tertiary alicyclic amines) is 1. The van der Waals surface area contributed by atoms with E-state index in [2.05, 4.69) is 21.6 Å². The van der Waals surface area contributed by atoms with E-state index in [1.165, 1.54) is 31.5 Å². The zero-order valence-electron chi connectivity index (χ0n) is 14.4. The van der Waals surface area contributed by atoms with Crippen LogP contribution in [0.3, 0.4) is 0 Å². The van der Waals surface area contributed by atoms with Crippen molar-refractivity contribution in [2.75, 3.05) is 31.5 Å². The Labute approximate surface area is 144 Å². The topological polar surface area (TPSA) is 64.6 Å². The normalized spacial score (nSPS) is 20.2. The zero-order chi connectivity index (χ0) is 16.8. The zero-order valence-corrected chi connectivity index (χ0v) is 14.4. The third-order valence-electron chi connectivity index (χ3n) is 5.21. The molecule has 24 heavy (non-hydrogen) atoms. The van der Waals surface area contributed by atoms with Crippen LogP contribution in [0, 0.1) is 0 Å². The van der Waals surface area contributed by atoms with Gasteiger partial charge in [-0.05, 0) is 62.9 Å². The maximum Gasteiger partial charge on any atom is 0.319 e. The molecule has 5 heteroatoms. The van der Waals surface area contributed by atoms with Crippen molar-refractivity contribution in [3.63, 3.8) is 0 Å². The van der Waals surface area contributed by atoms with Crippen LogP contribution in [-0.4, -0.2) is 47.8 Å². The Hall–Kier alpha value is -1.59. The van der Waals surface area contributed by atoms with Gasteiger partial charge in [0, 0.05) is 18.8 Å². The number of carbonyl (C=O) groups excluding carboxylic acids is 1. The number of benzene rings is 1. The Bertz CT molecular complexity index is 549. The summed E-state index contributed by atoms with van der Waals surface area (Å²) in [5.74, 6) is 0. The average molecular weight is 331 g/mol. The lowest BCUT2D eigenvalue weighted by Crippen LogP contribution is -2.42. The van der Waals surface area contributed by atoms with E-state index in [9.17, 15) is 9.90 Å². The van der Waals surface area contributed by atoms with Gasteiger partial charge in [-0.15, -0.1) is 0 Å². The van der Waals surface area contributed by atoms with Gasteiger partial charge in [-0.1, -0.05) is 25.0 Å². The standard InChI is InChI=1S/C19H29N3O2/c23-18(20-15-19(24)9-1-2-10-19)21-17-7-5-6-16(14-17)8-13-22-11-3-4-12-22/h5-7,14,24H,1-4,8-13,15H2,(H2,20,21,23). The van der Waals surface area contributed by atoms with Gasteiger partial charge >= 0.3 is 6.03 Å². The van der Waals surface area contributed by atoms with Crippen molar-refractivity contribution in [3.8, 4) is 0 Å². The van der Waals surface area contributed by atoms with Gasteiger partial charge in [0.2, 0.25) is 0 Å². The fourth-order valence-electron chi connectivity index (χ4n) is 3.73. The smallest absolute Gasteiger partial charge is 0.319 e. The maximum absolute atomic E-state index is 12.0. The van der Waals surface area contributed by atoms with Crippen LogP contribution in [0.15, 0.2) is 24.3 Å². The van der Waals surface area contributed by atoms with E-state index in [0.29, 0.717) is 6.54 Å². The van der Waals surface area contributed by atoms with Gasteiger partial charge in [0.25, 0.3) is 0 Å². The van der Waals surface area contributed by atoms with Crippen LogP contribution in [-0.2, 0) is 6.42 Å². The molecular formula is C19H29N3O2. The number of anilines is 1. The molecular weight excluding hydrogens is 302 g/mol. The molecule has 0 atom stereocenters. The minimum absolute atomic E-state index is 0.244. The van der Waals surface area contributed by atoms with Crippen molar-refractivity contribution < 1.29 is 9.90 Å². The van der Waals surface area contributed by atoms with Gasteiger partial charge < -0.3 is 20.6 Å². The number of hydrogen-bond acceptors (Lipinski definition) is 3. The third kappa shape index (κ3) is 4.95. The van der Waals surface area contributed by atoms with Crippen molar-refractivity contribution in [3.05, 3.63) is 29.8 Å². The van der Waals surface area contributed by atoms with E-state index in [4.69, 9.17) is 0 Å². The first-order chi connectivity index (χ1) is 11.6. The molecule has 2 aliphatic rings. The number of urea groups is 1. The van der Waals surface area contributed by atoms with E-state index in [1.54, 1.807) is 0 Å². The fourth-order valence-corrected chi connectivity index (χ4v) is 3.73. The molecule has 3 rings (SSSR count). The van der Waals surface area contributed by atoms with Crippen molar-refractivity contribution in [1.82, 2.24) is 10.2 Å². The first kappa shape index (κ1) is 17.2. The van der Waals surface area contributed by atoms with E-state index < -0.39 is 5.60 Å². The molecule has 132 valence electrons. The Morgan fingerprint density at radius 3 is 2.67 bits per heavy atom. The number of aliphatic hydroxyl groups is 1. The largest absolute Gasteiger partial charge is 0.388 e. The van der Waals surface area contributed by atoms with Crippen LogP contribution in [0.1, 0.15) is 44.1 Å². The predicted octanol–water partition coefficient (Wildman–Crippen LogP) is 2.75. The minimum atomic E-state index is -0.713. The molecule has 1 heterocycles. The second-order valence-corrected chi connectivity index (χ2v) is 7.24. The summed E-state index contributed by atoms with van der Waals surface area (Å²) in [5.41, 5.74) is 1.34. The summed E-state index contributed by atoms with van der Waals surface area (Å²) in [6.07, 6.45) is 7.27. The van der Waals surface area contributed by atoms with Crippen molar-refractivity contribution >= 4 is 11.7 Å². The third-order valence-corrected chi connectivity index (χ3v) is 5.21. The molecule has 0 spiro atoms. The summed E-state index contributed by atoms with van der Waals surface area (Å²) in [4.78, 5) is 14.5. The molecule has 1 aromatic rings. The molecule has 1 aliphatic carbocycles. The van der Waals surface area contributed by atoms with Gasteiger partial charge in [-0.2, -0.15) is 0 Å². The second-order valence-electron chi connectivity index (χ2n) is 7.24. The van der Waals surface area contributed by atoms with Crippen LogP contribution < -0.4 is 10.6 Å². The molecule has 1 aromatic carbocycles. The monoisotopic (exact) mass is 331 g/mol. The van der Waals surface area contributed by atoms with Gasteiger partial charge in [-0.3, -0.25) is 0 Å². The lowest BCUT2D eigenvalue weighted by atomic mass is 10.0. The summed E-state index contributed by atoms with van der Waals surface area (Å²) in [6.45, 7) is 3.84. The fraction of sp³-hybridized carbons (Fsp3) is 0.632. The van der Waals surface area contributed by atoms with Crippen molar-refractivity contribution in [2.45, 2.75) is 50.5 Å². The molecule has 1 saturated carbocycles. The van der Waals surface area contributed by atoms with Crippen LogP contribution >= 0.6 is 0 Å². The second kappa shape index (κ2) is 7.99. The van der Waals surface area contributed by atoms with E-state index >= 15 is 0 Å². The molecule has 0 radical (unpaired) electrons. The first-order valence-electron chi connectivity index (χ1n) is 9.22. The summed E-state index contributed by atoms with van der Waals surface area (Å²) in [6, 6.07) is 7.80. The van der Waals surface area contributed by atoms with E-state index in [-0.39, 0.29) is 6.03 Å². The highest BCUT2D eigenvalue weighted by Gasteiger charge is 2.31. The highest BCUT2D eigenvalue weighted by Crippen LogP contribution is 2.28. The van der Waals surface area contributed by atoms with Crippen molar-refractivity contribution in [1.29, 1.82) is 0 Å². The molecule has 0 unspecified atom stereocenters. The van der Waals surface area contributed by atoms with Crippen LogP contribution in [0.4, 0.5) is 10.5 Å². The number of rotatable bonds is 6. The molecule has 5 nitrogen and oxygen atoms in total. The molecule has 1 saturated heterocycles.